The minimum atomic E-state index is -0.406. The third kappa shape index (κ3) is 4.89. The molecule has 0 aliphatic carbocycles. The van der Waals surface area contributed by atoms with Crippen LogP contribution in [0.15, 0.2) is 48.5 Å². The van der Waals surface area contributed by atoms with Crippen molar-refractivity contribution >= 4 is 17.5 Å². The number of hydrogen-bond acceptors (Lipinski definition) is 4. The van der Waals surface area contributed by atoms with Gasteiger partial charge >= 0.3 is 0 Å². The van der Waals surface area contributed by atoms with Crippen LogP contribution in [0.1, 0.15) is 48.1 Å². The van der Waals surface area contributed by atoms with Crippen LogP contribution in [0.5, 0.6) is 5.75 Å². The van der Waals surface area contributed by atoms with Crippen LogP contribution in [0.2, 0.25) is 0 Å². The summed E-state index contributed by atoms with van der Waals surface area (Å²) in [5.74, 6) is 0.426. The molecule has 6 nitrogen and oxygen atoms in total. The quantitative estimate of drug-likeness (QED) is 0.766. The fraction of sp³-hybridized carbons (Fsp3) is 0.364. The summed E-state index contributed by atoms with van der Waals surface area (Å²) in [6.07, 6.45) is 1.97. The Morgan fingerprint density at radius 3 is 2.64 bits per heavy atom. The Hall–Kier alpha value is -2.86. The second-order valence-corrected chi connectivity index (χ2v) is 6.78. The average Bonchev–Trinajstić information content (AvgIpc) is 3.27. The Morgan fingerprint density at radius 2 is 2.00 bits per heavy atom. The molecular formula is C22H26N2O4. The largest absolute Gasteiger partial charge is 0.497 e. The molecule has 2 atom stereocenters. The van der Waals surface area contributed by atoms with Crippen LogP contribution in [0.4, 0.5) is 5.69 Å². The molecule has 1 heterocycles. The molecule has 1 aliphatic rings. The highest BCUT2D eigenvalue weighted by molar-refractivity contribution is 5.98. The molecule has 1 fully saturated rings. The molecular weight excluding hydrogens is 356 g/mol. The predicted molar refractivity (Wildman–Crippen MR) is 108 cm³/mol. The molecule has 0 saturated carbocycles. The predicted octanol–water partition coefficient (Wildman–Crippen LogP) is 3.69. The lowest BCUT2D eigenvalue weighted by atomic mass is 10.0. The Bertz CT molecular complexity index is 814. The van der Waals surface area contributed by atoms with Gasteiger partial charge in [0.15, 0.2) is 0 Å². The summed E-state index contributed by atoms with van der Waals surface area (Å²) in [5.41, 5.74) is 2.10. The molecule has 2 aromatic carbocycles. The van der Waals surface area contributed by atoms with Gasteiger partial charge in [-0.25, -0.2) is 0 Å². The smallest absolute Gasteiger partial charge is 0.253 e. The van der Waals surface area contributed by atoms with Crippen LogP contribution in [-0.4, -0.2) is 31.6 Å². The molecule has 2 amide bonds. The van der Waals surface area contributed by atoms with E-state index in [4.69, 9.17) is 9.47 Å². The number of nitrogens with one attached hydrogen (secondary N) is 2. The van der Waals surface area contributed by atoms with Crippen LogP contribution < -0.4 is 15.4 Å². The molecule has 2 aromatic rings. The molecule has 3 rings (SSSR count). The maximum absolute atomic E-state index is 12.7. The molecule has 2 unspecified atom stereocenters. The molecule has 1 aliphatic heterocycles. The number of anilines is 1. The first-order valence-corrected chi connectivity index (χ1v) is 9.58. The minimum absolute atomic E-state index is 0.108. The third-order valence-corrected chi connectivity index (χ3v) is 4.85. The SMILES string of the molecule is CCC(NC(=O)c1cccc(NC(=O)C2CCCO2)c1)c1ccc(OC)cc1. The van der Waals surface area contributed by atoms with Crippen LogP contribution in [0, 0.1) is 0 Å². The molecule has 148 valence electrons. The number of benzene rings is 2. The lowest BCUT2D eigenvalue weighted by Gasteiger charge is -2.18. The highest BCUT2D eigenvalue weighted by atomic mass is 16.5. The zero-order valence-electron chi connectivity index (χ0n) is 16.2. The van der Waals surface area contributed by atoms with Gasteiger partial charge in [0.1, 0.15) is 11.9 Å². The normalized spacial score (nSPS) is 17.0. The van der Waals surface area contributed by atoms with Crippen molar-refractivity contribution < 1.29 is 19.1 Å². The monoisotopic (exact) mass is 382 g/mol. The minimum Gasteiger partial charge on any atom is -0.497 e. The lowest BCUT2D eigenvalue weighted by molar-refractivity contribution is -0.124. The van der Waals surface area contributed by atoms with Crippen molar-refractivity contribution in [3.05, 3.63) is 59.7 Å². The summed E-state index contributed by atoms with van der Waals surface area (Å²) >= 11 is 0. The van der Waals surface area contributed by atoms with E-state index in [-0.39, 0.29) is 17.9 Å². The van der Waals surface area contributed by atoms with Crippen molar-refractivity contribution in [2.24, 2.45) is 0 Å². The lowest BCUT2D eigenvalue weighted by Crippen LogP contribution is -2.29. The second kappa shape index (κ2) is 9.37. The van der Waals surface area contributed by atoms with E-state index in [0.29, 0.717) is 17.9 Å². The molecule has 28 heavy (non-hydrogen) atoms. The van der Waals surface area contributed by atoms with Gasteiger partial charge in [-0.2, -0.15) is 0 Å². The van der Waals surface area contributed by atoms with Crippen molar-refractivity contribution in [1.29, 1.82) is 0 Å². The van der Waals surface area contributed by atoms with Crippen molar-refractivity contribution in [1.82, 2.24) is 5.32 Å². The van der Waals surface area contributed by atoms with Crippen molar-refractivity contribution in [3.63, 3.8) is 0 Å². The highest BCUT2D eigenvalue weighted by Crippen LogP contribution is 2.21. The first-order valence-electron chi connectivity index (χ1n) is 9.58. The summed E-state index contributed by atoms with van der Waals surface area (Å²) in [6.45, 7) is 2.64. The summed E-state index contributed by atoms with van der Waals surface area (Å²) in [7, 11) is 1.62. The number of hydrogen-bond donors (Lipinski definition) is 2. The van der Waals surface area contributed by atoms with Gasteiger partial charge in [0.2, 0.25) is 0 Å². The Balaban J connectivity index is 1.66. The number of carbonyl (C=O) groups excluding carboxylic acids is 2. The van der Waals surface area contributed by atoms with Gasteiger partial charge in [0.05, 0.1) is 13.2 Å². The van der Waals surface area contributed by atoms with Gasteiger partial charge in [0.25, 0.3) is 11.8 Å². The summed E-state index contributed by atoms with van der Waals surface area (Å²) in [6, 6.07) is 14.5. The maximum Gasteiger partial charge on any atom is 0.253 e. The van der Waals surface area contributed by atoms with E-state index in [1.165, 1.54) is 0 Å². The van der Waals surface area contributed by atoms with Crippen LogP contribution in [0.25, 0.3) is 0 Å². The van der Waals surface area contributed by atoms with Crippen molar-refractivity contribution in [2.45, 2.75) is 38.3 Å². The molecule has 0 radical (unpaired) electrons. The number of carbonyl (C=O) groups is 2. The van der Waals surface area contributed by atoms with E-state index in [1.54, 1.807) is 31.4 Å². The van der Waals surface area contributed by atoms with Crippen LogP contribution in [-0.2, 0) is 9.53 Å². The van der Waals surface area contributed by atoms with Gasteiger partial charge in [-0.1, -0.05) is 25.1 Å². The number of amides is 2. The van der Waals surface area contributed by atoms with Crippen LogP contribution >= 0.6 is 0 Å². The molecule has 0 spiro atoms. The van der Waals surface area contributed by atoms with Gasteiger partial charge < -0.3 is 20.1 Å². The standard InChI is InChI=1S/C22H26N2O4/c1-3-19(15-9-11-18(27-2)12-10-15)24-21(25)16-6-4-7-17(14-16)23-22(26)20-8-5-13-28-20/h4,6-7,9-12,14,19-20H,3,5,8,13H2,1-2H3,(H,23,26)(H,24,25). The Kier molecular flexibility index (Phi) is 6.66. The van der Waals surface area contributed by atoms with E-state index >= 15 is 0 Å². The number of rotatable bonds is 7. The first-order chi connectivity index (χ1) is 13.6. The zero-order valence-corrected chi connectivity index (χ0v) is 16.2. The van der Waals surface area contributed by atoms with Gasteiger partial charge in [0, 0.05) is 17.9 Å². The van der Waals surface area contributed by atoms with E-state index in [1.807, 2.05) is 31.2 Å². The van der Waals surface area contributed by atoms with E-state index < -0.39 is 6.10 Å². The van der Waals surface area contributed by atoms with Crippen molar-refractivity contribution in [2.75, 3.05) is 19.0 Å². The van der Waals surface area contributed by atoms with E-state index in [9.17, 15) is 9.59 Å². The van der Waals surface area contributed by atoms with Gasteiger partial charge in [-0.15, -0.1) is 0 Å². The van der Waals surface area contributed by atoms with Crippen molar-refractivity contribution in [3.8, 4) is 5.75 Å². The Morgan fingerprint density at radius 1 is 1.21 bits per heavy atom. The fourth-order valence-electron chi connectivity index (χ4n) is 3.24. The molecule has 6 heteroatoms. The summed E-state index contributed by atoms with van der Waals surface area (Å²) in [4.78, 5) is 24.9. The summed E-state index contributed by atoms with van der Waals surface area (Å²) < 4.78 is 10.6. The fourth-order valence-corrected chi connectivity index (χ4v) is 3.24. The van der Waals surface area contributed by atoms with Crippen LogP contribution in [0.3, 0.4) is 0 Å². The zero-order chi connectivity index (χ0) is 19.9. The highest BCUT2D eigenvalue weighted by Gasteiger charge is 2.23. The number of methoxy groups -OCH3 is 1. The third-order valence-electron chi connectivity index (χ3n) is 4.85. The van der Waals surface area contributed by atoms with E-state index in [0.717, 1.165) is 30.6 Å². The molecule has 0 aromatic heterocycles. The van der Waals surface area contributed by atoms with Gasteiger partial charge in [-0.05, 0) is 55.2 Å². The Labute approximate surface area is 165 Å². The molecule has 0 bridgehead atoms. The second-order valence-electron chi connectivity index (χ2n) is 6.78. The first kappa shape index (κ1) is 19.9. The topological polar surface area (TPSA) is 76.7 Å². The van der Waals surface area contributed by atoms with E-state index in [2.05, 4.69) is 10.6 Å². The van der Waals surface area contributed by atoms with Gasteiger partial charge in [-0.3, -0.25) is 9.59 Å². The summed E-state index contributed by atoms with van der Waals surface area (Å²) in [5, 5.41) is 5.89. The maximum atomic E-state index is 12.7. The average molecular weight is 382 g/mol. The number of ether oxygens (including phenoxy) is 2. The molecule has 2 N–H and O–H groups in total. The molecule has 1 saturated heterocycles.